The molecule has 1 heterocycles. The summed E-state index contributed by atoms with van der Waals surface area (Å²) in [6, 6.07) is 0. The third-order valence-corrected chi connectivity index (χ3v) is 2.56. The molecule has 0 aliphatic heterocycles. The van der Waals surface area contributed by atoms with Crippen molar-refractivity contribution in [3.63, 3.8) is 0 Å². The van der Waals surface area contributed by atoms with Crippen LogP contribution in [0.3, 0.4) is 0 Å². The molecule has 5 nitrogen and oxygen atoms in total. The van der Waals surface area contributed by atoms with Crippen LogP contribution in [0.25, 0.3) is 0 Å². The van der Waals surface area contributed by atoms with E-state index in [1.54, 1.807) is 0 Å². The maximum absolute atomic E-state index is 5.75. The molecule has 7 heteroatoms. The van der Waals surface area contributed by atoms with Crippen LogP contribution in [-0.2, 0) is 4.74 Å². The zero-order valence-corrected chi connectivity index (χ0v) is 10.4. The number of nitrogens with one attached hydrogen (secondary N) is 1. The minimum atomic E-state index is 0.424. The van der Waals surface area contributed by atoms with Crippen LogP contribution < -0.4 is 5.32 Å². The molecule has 15 heavy (non-hydrogen) atoms. The quantitative estimate of drug-likeness (QED) is 0.737. The summed E-state index contributed by atoms with van der Waals surface area (Å²) < 4.78 is 13.2. The molecule has 1 rings (SSSR count). The van der Waals surface area contributed by atoms with E-state index in [1.807, 2.05) is 14.1 Å². The van der Waals surface area contributed by atoms with Crippen molar-refractivity contribution in [1.29, 1.82) is 0 Å². The molecule has 0 unspecified atom stereocenters. The van der Waals surface area contributed by atoms with Gasteiger partial charge < -0.3 is 15.0 Å². The van der Waals surface area contributed by atoms with Crippen molar-refractivity contribution >= 4 is 29.1 Å². The van der Waals surface area contributed by atoms with Crippen molar-refractivity contribution in [2.45, 2.75) is 0 Å². The summed E-state index contributed by atoms with van der Waals surface area (Å²) >= 11 is 6.84. The van der Waals surface area contributed by atoms with E-state index < -0.39 is 0 Å². The number of rotatable bonds is 7. The number of anilines is 1. The van der Waals surface area contributed by atoms with Gasteiger partial charge in [-0.2, -0.15) is 8.75 Å². The van der Waals surface area contributed by atoms with Crippen molar-refractivity contribution in [2.75, 3.05) is 45.7 Å². The minimum absolute atomic E-state index is 0.424. The van der Waals surface area contributed by atoms with Crippen LogP contribution >= 0.6 is 23.3 Å². The summed E-state index contributed by atoms with van der Waals surface area (Å²) in [6.07, 6.45) is 0. The SMILES string of the molecule is CN(C)CCOCCNc1nsnc1Cl. The number of hydrogen-bond acceptors (Lipinski definition) is 6. The number of nitrogens with zero attached hydrogens (tertiary/aromatic N) is 3. The Bertz CT molecular complexity index is 281. The average molecular weight is 251 g/mol. The molecule has 1 N–H and O–H groups in total. The topological polar surface area (TPSA) is 50.3 Å². The highest BCUT2D eigenvalue weighted by molar-refractivity contribution is 6.99. The molecule has 0 amide bonds. The lowest BCUT2D eigenvalue weighted by Crippen LogP contribution is -2.20. The van der Waals surface area contributed by atoms with Crippen LogP contribution in [0, 0.1) is 0 Å². The fourth-order valence-corrected chi connectivity index (χ4v) is 1.56. The van der Waals surface area contributed by atoms with Gasteiger partial charge in [-0.3, -0.25) is 0 Å². The van der Waals surface area contributed by atoms with Crippen molar-refractivity contribution in [3.8, 4) is 0 Å². The predicted molar refractivity (Wildman–Crippen MR) is 62.8 cm³/mol. The van der Waals surface area contributed by atoms with Gasteiger partial charge in [-0.1, -0.05) is 11.6 Å². The highest BCUT2D eigenvalue weighted by Gasteiger charge is 2.02. The van der Waals surface area contributed by atoms with Gasteiger partial charge in [0.2, 0.25) is 0 Å². The van der Waals surface area contributed by atoms with Gasteiger partial charge >= 0.3 is 0 Å². The molecule has 0 fully saturated rings. The lowest BCUT2D eigenvalue weighted by atomic mass is 10.6. The first-order valence-electron chi connectivity index (χ1n) is 4.64. The molecule has 0 spiro atoms. The lowest BCUT2D eigenvalue weighted by Gasteiger charge is -2.09. The van der Waals surface area contributed by atoms with E-state index >= 15 is 0 Å². The molecule has 1 aromatic rings. The Balaban J connectivity index is 2.00. The molecule has 0 bridgehead atoms. The lowest BCUT2D eigenvalue weighted by molar-refractivity contribution is 0.126. The van der Waals surface area contributed by atoms with Gasteiger partial charge in [-0.15, -0.1) is 0 Å². The van der Waals surface area contributed by atoms with Crippen LogP contribution in [-0.4, -0.2) is 54.0 Å². The summed E-state index contributed by atoms with van der Waals surface area (Å²) in [6.45, 7) is 3.00. The number of ether oxygens (including phenoxy) is 1. The first-order valence-corrected chi connectivity index (χ1v) is 5.75. The summed E-state index contributed by atoms with van der Waals surface area (Å²) in [7, 11) is 4.03. The van der Waals surface area contributed by atoms with Crippen molar-refractivity contribution < 1.29 is 4.74 Å². The monoisotopic (exact) mass is 250 g/mol. The van der Waals surface area contributed by atoms with Gasteiger partial charge in [0.05, 0.1) is 24.9 Å². The summed E-state index contributed by atoms with van der Waals surface area (Å²) in [5, 5.41) is 3.47. The molecule has 0 atom stereocenters. The van der Waals surface area contributed by atoms with Gasteiger partial charge in [-0.05, 0) is 14.1 Å². The number of likely N-dealkylation sites (N-methyl/N-ethyl adjacent to an activating group) is 1. The second-order valence-electron chi connectivity index (χ2n) is 3.25. The van der Waals surface area contributed by atoms with Crippen LogP contribution in [0.4, 0.5) is 5.82 Å². The fraction of sp³-hybridized carbons (Fsp3) is 0.750. The molecule has 86 valence electrons. The number of hydrogen-bond donors (Lipinski definition) is 1. The van der Waals surface area contributed by atoms with Crippen LogP contribution in [0.2, 0.25) is 5.15 Å². The Hall–Kier alpha value is -0.430. The molecule has 1 aromatic heterocycles. The Kier molecular flexibility index (Phi) is 5.85. The fourth-order valence-electron chi connectivity index (χ4n) is 0.874. The molecule has 0 aliphatic carbocycles. The Labute approximate surface area is 98.7 Å². The molecule has 0 saturated carbocycles. The third-order valence-electron chi connectivity index (χ3n) is 1.67. The maximum Gasteiger partial charge on any atom is 0.186 e. The molecule has 0 radical (unpaired) electrons. The minimum Gasteiger partial charge on any atom is -0.378 e. The van der Waals surface area contributed by atoms with E-state index in [2.05, 4.69) is 19.0 Å². The highest BCUT2D eigenvalue weighted by atomic mass is 35.5. The normalized spacial score (nSPS) is 10.9. The Morgan fingerprint density at radius 3 is 2.80 bits per heavy atom. The third kappa shape index (κ3) is 5.27. The van der Waals surface area contributed by atoms with E-state index in [0.29, 0.717) is 24.1 Å². The van der Waals surface area contributed by atoms with Crippen LogP contribution in [0.15, 0.2) is 0 Å². The second kappa shape index (κ2) is 6.95. The number of halogens is 1. The van der Waals surface area contributed by atoms with Crippen molar-refractivity contribution in [3.05, 3.63) is 5.15 Å². The Morgan fingerprint density at radius 2 is 2.20 bits per heavy atom. The van der Waals surface area contributed by atoms with E-state index in [-0.39, 0.29) is 0 Å². The Morgan fingerprint density at radius 1 is 1.40 bits per heavy atom. The maximum atomic E-state index is 5.75. The predicted octanol–water partition coefficient (Wildman–Crippen LogP) is 1.18. The smallest absolute Gasteiger partial charge is 0.186 e. The molecule has 0 aromatic carbocycles. The van der Waals surface area contributed by atoms with Crippen molar-refractivity contribution in [1.82, 2.24) is 13.6 Å². The molecule has 0 aliphatic rings. The second-order valence-corrected chi connectivity index (χ2v) is 4.13. The van der Waals surface area contributed by atoms with Gasteiger partial charge in [0, 0.05) is 13.1 Å². The van der Waals surface area contributed by atoms with Gasteiger partial charge in [0.15, 0.2) is 11.0 Å². The van der Waals surface area contributed by atoms with Crippen LogP contribution in [0.1, 0.15) is 0 Å². The van der Waals surface area contributed by atoms with E-state index in [0.717, 1.165) is 24.9 Å². The van der Waals surface area contributed by atoms with Gasteiger partial charge in [-0.25, -0.2) is 0 Å². The average Bonchev–Trinajstić information content (AvgIpc) is 2.57. The molecular formula is C8H15ClN4OS. The van der Waals surface area contributed by atoms with Gasteiger partial charge in [0.25, 0.3) is 0 Å². The number of aromatic nitrogens is 2. The van der Waals surface area contributed by atoms with E-state index in [9.17, 15) is 0 Å². The van der Waals surface area contributed by atoms with Gasteiger partial charge in [0.1, 0.15) is 0 Å². The van der Waals surface area contributed by atoms with E-state index in [4.69, 9.17) is 16.3 Å². The van der Waals surface area contributed by atoms with Crippen LogP contribution in [0.5, 0.6) is 0 Å². The first kappa shape index (κ1) is 12.6. The summed E-state index contributed by atoms with van der Waals surface area (Å²) in [5.74, 6) is 0.637. The largest absolute Gasteiger partial charge is 0.378 e. The van der Waals surface area contributed by atoms with Crippen molar-refractivity contribution in [2.24, 2.45) is 0 Å². The van der Waals surface area contributed by atoms with E-state index in [1.165, 1.54) is 0 Å². The zero-order chi connectivity index (χ0) is 11.1. The standard InChI is InChI=1S/C8H15ClN4OS/c1-13(2)4-6-14-5-3-10-8-7(9)11-15-12-8/h3-6H2,1-2H3,(H,10,12). The molecule has 0 saturated heterocycles. The highest BCUT2D eigenvalue weighted by Crippen LogP contribution is 2.16. The summed E-state index contributed by atoms with van der Waals surface area (Å²) in [4.78, 5) is 2.08. The first-order chi connectivity index (χ1) is 7.20. The molecular weight excluding hydrogens is 236 g/mol. The zero-order valence-electron chi connectivity index (χ0n) is 8.86. The summed E-state index contributed by atoms with van der Waals surface area (Å²) in [5.41, 5.74) is 0.